The monoisotopic (exact) mass is 305 g/mol. The maximum absolute atomic E-state index is 12.1. The largest absolute Gasteiger partial charge is 0.320 e. The SMILES string of the molecule is Cc1nc(Br)ccc1NC(=O)c1cccnc1C. The number of amides is 1. The predicted octanol–water partition coefficient (Wildman–Crippen LogP) is 3.11. The zero-order valence-electron chi connectivity index (χ0n) is 10.1. The van der Waals surface area contributed by atoms with Gasteiger partial charge in [-0.1, -0.05) is 0 Å². The lowest BCUT2D eigenvalue weighted by molar-refractivity contribution is 0.102. The molecule has 4 nitrogen and oxygen atoms in total. The summed E-state index contributed by atoms with van der Waals surface area (Å²) in [5.74, 6) is -0.173. The molecule has 0 atom stereocenters. The molecule has 0 bridgehead atoms. The number of carbonyl (C=O) groups excluding carboxylic acids is 1. The Labute approximate surface area is 114 Å². The first kappa shape index (κ1) is 12.7. The molecule has 0 radical (unpaired) electrons. The molecule has 2 heterocycles. The molecule has 0 aliphatic heterocycles. The lowest BCUT2D eigenvalue weighted by Gasteiger charge is -2.09. The van der Waals surface area contributed by atoms with E-state index in [0.29, 0.717) is 16.9 Å². The zero-order valence-corrected chi connectivity index (χ0v) is 11.7. The van der Waals surface area contributed by atoms with Gasteiger partial charge in [0.2, 0.25) is 0 Å². The van der Waals surface area contributed by atoms with Gasteiger partial charge in [0.05, 0.1) is 16.9 Å². The van der Waals surface area contributed by atoms with Gasteiger partial charge in [0.1, 0.15) is 4.60 Å². The predicted molar refractivity (Wildman–Crippen MR) is 73.6 cm³/mol. The summed E-state index contributed by atoms with van der Waals surface area (Å²) < 4.78 is 0.746. The fourth-order valence-corrected chi connectivity index (χ4v) is 1.97. The Bertz CT molecular complexity index is 599. The lowest BCUT2D eigenvalue weighted by Crippen LogP contribution is -2.15. The minimum atomic E-state index is -0.173. The highest BCUT2D eigenvalue weighted by atomic mass is 79.9. The molecule has 0 fully saturated rings. The van der Waals surface area contributed by atoms with Crippen molar-refractivity contribution in [2.45, 2.75) is 13.8 Å². The van der Waals surface area contributed by atoms with E-state index >= 15 is 0 Å². The quantitative estimate of drug-likeness (QED) is 0.867. The first-order valence-electron chi connectivity index (χ1n) is 5.44. The fraction of sp³-hybridized carbons (Fsp3) is 0.154. The van der Waals surface area contributed by atoms with Crippen LogP contribution in [-0.4, -0.2) is 15.9 Å². The van der Waals surface area contributed by atoms with Crippen molar-refractivity contribution in [2.24, 2.45) is 0 Å². The molecule has 2 aromatic rings. The highest BCUT2D eigenvalue weighted by molar-refractivity contribution is 9.10. The van der Waals surface area contributed by atoms with E-state index in [0.717, 1.165) is 10.3 Å². The zero-order chi connectivity index (χ0) is 13.1. The molecule has 2 aromatic heterocycles. The Morgan fingerprint density at radius 1 is 1.22 bits per heavy atom. The highest BCUT2D eigenvalue weighted by Gasteiger charge is 2.11. The summed E-state index contributed by atoms with van der Waals surface area (Å²) in [5, 5.41) is 2.83. The lowest BCUT2D eigenvalue weighted by atomic mass is 10.2. The Morgan fingerprint density at radius 2 is 2.00 bits per heavy atom. The Morgan fingerprint density at radius 3 is 2.67 bits per heavy atom. The summed E-state index contributed by atoms with van der Waals surface area (Å²) in [6.07, 6.45) is 1.67. The number of aromatic nitrogens is 2. The molecule has 0 spiro atoms. The van der Waals surface area contributed by atoms with Crippen LogP contribution >= 0.6 is 15.9 Å². The van der Waals surface area contributed by atoms with Gasteiger partial charge in [-0.15, -0.1) is 0 Å². The topological polar surface area (TPSA) is 54.9 Å². The van der Waals surface area contributed by atoms with Gasteiger partial charge >= 0.3 is 0 Å². The van der Waals surface area contributed by atoms with Gasteiger partial charge in [0, 0.05) is 11.9 Å². The van der Waals surface area contributed by atoms with Crippen LogP contribution in [0.1, 0.15) is 21.7 Å². The van der Waals surface area contributed by atoms with Gasteiger partial charge in [0.15, 0.2) is 0 Å². The van der Waals surface area contributed by atoms with Crippen LogP contribution in [-0.2, 0) is 0 Å². The van der Waals surface area contributed by atoms with E-state index in [1.165, 1.54) is 0 Å². The number of hydrogen-bond donors (Lipinski definition) is 1. The maximum Gasteiger partial charge on any atom is 0.257 e. The van der Waals surface area contributed by atoms with Crippen LogP contribution in [0.15, 0.2) is 35.1 Å². The Kier molecular flexibility index (Phi) is 3.72. The molecule has 0 unspecified atom stereocenters. The second-order valence-electron chi connectivity index (χ2n) is 3.86. The molecular formula is C13H12BrN3O. The minimum absolute atomic E-state index is 0.173. The van der Waals surface area contributed by atoms with E-state index in [1.807, 2.05) is 19.9 Å². The second-order valence-corrected chi connectivity index (χ2v) is 4.67. The first-order valence-corrected chi connectivity index (χ1v) is 6.23. The molecule has 1 amide bonds. The Hall–Kier alpha value is -1.75. The fourth-order valence-electron chi connectivity index (χ4n) is 1.58. The summed E-state index contributed by atoms with van der Waals surface area (Å²) in [5.41, 5.74) is 2.74. The normalized spacial score (nSPS) is 10.2. The molecular weight excluding hydrogens is 294 g/mol. The number of hydrogen-bond acceptors (Lipinski definition) is 3. The summed E-state index contributed by atoms with van der Waals surface area (Å²) >= 11 is 3.29. The van der Waals surface area contributed by atoms with Crippen LogP contribution in [0.25, 0.3) is 0 Å². The van der Waals surface area contributed by atoms with E-state index in [-0.39, 0.29) is 5.91 Å². The van der Waals surface area contributed by atoms with Crippen molar-refractivity contribution in [2.75, 3.05) is 5.32 Å². The third-order valence-electron chi connectivity index (χ3n) is 2.55. The molecule has 18 heavy (non-hydrogen) atoms. The van der Waals surface area contributed by atoms with Crippen LogP contribution < -0.4 is 5.32 Å². The minimum Gasteiger partial charge on any atom is -0.320 e. The molecule has 0 aliphatic carbocycles. The van der Waals surface area contributed by atoms with Crippen LogP contribution in [0.4, 0.5) is 5.69 Å². The van der Waals surface area contributed by atoms with E-state index < -0.39 is 0 Å². The molecule has 5 heteroatoms. The summed E-state index contributed by atoms with van der Waals surface area (Å²) in [6, 6.07) is 7.10. The number of nitrogens with one attached hydrogen (secondary N) is 1. The van der Waals surface area contributed by atoms with Crippen molar-refractivity contribution in [1.82, 2.24) is 9.97 Å². The van der Waals surface area contributed by atoms with E-state index in [1.54, 1.807) is 24.4 Å². The van der Waals surface area contributed by atoms with Crippen molar-refractivity contribution in [3.8, 4) is 0 Å². The molecule has 92 valence electrons. The van der Waals surface area contributed by atoms with Gasteiger partial charge in [-0.25, -0.2) is 4.98 Å². The Balaban J connectivity index is 2.24. The van der Waals surface area contributed by atoms with Crippen LogP contribution in [0.2, 0.25) is 0 Å². The van der Waals surface area contributed by atoms with Gasteiger partial charge in [0.25, 0.3) is 5.91 Å². The number of nitrogens with zero attached hydrogens (tertiary/aromatic N) is 2. The molecule has 0 saturated carbocycles. The first-order chi connectivity index (χ1) is 8.58. The summed E-state index contributed by atoms with van der Waals surface area (Å²) in [6.45, 7) is 3.65. The average Bonchev–Trinajstić information content (AvgIpc) is 2.33. The van der Waals surface area contributed by atoms with Gasteiger partial charge in [-0.05, 0) is 54.0 Å². The van der Waals surface area contributed by atoms with Crippen molar-refractivity contribution < 1.29 is 4.79 Å². The van der Waals surface area contributed by atoms with Gasteiger partial charge < -0.3 is 5.32 Å². The van der Waals surface area contributed by atoms with Crippen LogP contribution in [0.5, 0.6) is 0 Å². The van der Waals surface area contributed by atoms with E-state index in [2.05, 4.69) is 31.2 Å². The highest BCUT2D eigenvalue weighted by Crippen LogP contribution is 2.17. The van der Waals surface area contributed by atoms with E-state index in [4.69, 9.17) is 0 Å². The van der Waals surface area contributed by atoms with E-state index in [9.17, 15) is 4.79 Å². The number of carbonyl (C=O) groups is 1. The number of anilines is 1. The number of rotatable bonds is 2. The second kappa shape index (κ2) is 5.27. The molecule has 0 aromatic carbocycles. The summed E-state index contributed by atoms with van der Waals surface area (Å²) in [4.78, 5) is 20.4. The van der Waals surface area contributed by atoms with Crippen LogP contribution in [0.3, 0.4) is 0 Å². The third-order valence-corrected chi connectivity index (χ3v) is 2.99. The number of aryl methyl sites for hydroxylation is 2. The smallest absolute Gasteiger partial charge is 0.257 e. The molecule has 2 rings (SSSR count). The third kappa shape index (κ3) is 2.73. The standard InChI is InChI=1S/C13H12BrN3O/c1-8-10(4-3-7-15-8)13(18)17-11-5-6-12(14)16-9(11)2/h3-7H,1-2H3,(H,17,18). The van der Waals surface area contributed by atoms with Crippen LogP contribution in [0, 0.1) is 13.8 Å². The molecule has 0 saturated heterocycles. The number of pyridine rings is 2. The molecule has 0 aliphatic rings. The van der Waals surface area contributed by atoms with Crippen molar-refractivity contribution in [3.05, 3.63) is 52.0 Å². The van der Waals surface area contributed by atoms with Gasteiger partial charge in [-0.3, -0.25) is 9.78 Å². The van der Waals surface area contributed by atoms with Crippen molar-refractivity contribution in [1.29, 1.82) is 0 Å². The van der Waals surface area contributed by atoms with Gasteiger partial charge in [-0.2, -0.15) is 0 Å². The van der Waals surface area contributed by atoms with Crippen molar-refractivity contribution >= 4 is 27.5 Å². The van der Waals surface area contributed by atoms with Crippen molar-refractivity contribution in [3.63, 3.8) is 0 Å². The maximum atomic E-state index is 12.1. The molecule has 1 N–H and O–H groups in total. The average molecular weight is 306 g/mol. The number of halogens is 1. The summed E-state index contributed by atoms with van der Waals surface area (Å²) in [7, 11) is 0.